The number of hydrogen-bond donors (Lipinski definition) is 0. The maximum atomic E-state index is 13.8. The average Bonchev–Trinajstić information content (AvgIpc) is 3.21. The number of rotatable bonds is 2. The molecule has 0 aliphatic heterocycles. The third-order valence-electron chi connectivity index (χ3n) is 6.55. The Morgan fingerprint density at radius 2 is 0.850 bits per heavy atom. The summed E-state index contributed by atoms with van der Waals surface area (Å²) in [6.45, 7) is 0. The van der Waals surface area contributed by atoms with Crippen LogP contribution in [-0.2, 0) is 12.4 Å². The van der Waals surface area contributed by atoms with Gasteiger partial charge in [0.25, 0.3) is 0 Å². The van der Waals surface area contributed by atoms with Crippen LogP contribution in [0.4, 0.5) is 35.1 Å². The van der Waals surface area contributed by atoms with Crippen molar-refractivity contribution in [3.63, 3.8) is 0 Å². The molecule has 0 fully saturated rings. The van der Waals surface area contributed by atoms with E-state index in [2.05, 4.69) is 0 Å². The maximum Gasteiger partial charge on any atom is 0.419 e. The number of halogens is 8. The number of benzene rings is 4. The van der Waals surface area contributed by atoms with Crippen LogP contribution in [0.5, 0.6) is 0 Å². The summed E-state index contributed by atoms with van der Waals surface area (Å²) in [5, 5.41) is 19.3. The predicted molar refractivity (Wildman–Crippen MR) is 130 cm³/mol. The van der Waals surface area contributed by atoms with Gasteiger partial charge in [0.2, 0.25) is 0 Å². The highest BCUT2D eigenvalue weighted by molar-refractivity contribution is 6.05. The maximum absolute atomic E-state index is 13.8. The minimum Gasteiger partial charge on any atom is -0.206 e. The van der Waals surface area contributed by atoms with Crippen molar-refractivity contribution in [2.24, 2.45) is 0 Å². The van der Waals surface area contributed by atoms with Crippen LogP contribution >= 0.6 is 0 Å². The molecule has 5 rings (SSSR count). The van der Waals surface area contributed by atoms with Gasteiger partial charge >= 0.3 is 12.4 Å². The van der Waals surface area contributed by atoms with Crippen LogP contribution in [0, 0.1) is 34.3 Å². The summed E-state index contributed by atoms with van der Waals surface area (Å²) >= 11 is 0. The zero-order valence-electron chi connectivity index (χ0n) is 19.8. The molecule has 0 aromatic heterocycles. The fourth-order valence-corrected chi connectivity index (χ4v) is 4.73. The van der Waals surface area contributed by atoms with E-state index in [1.165, 1.54) is 24.3 Å². The molecule has 1 aliphatic carbocycles. The topological polar surface area (TPSA) is 47.6 Å². The van der Waals surface area contributed by atoms with Gasteiger partial charge < -0.3 is 0 Å². The quantitative estimate of drug-likeness (QED) is 0.162. The lowest BCUT2D eigenvalue weighted by Crippen LogP contribution is -2.08. The fourth-order valence-electron chi connectivity index (χ4n) is 4.73. The molecule has 4 aromatic rings. The molecule has 0 radical (unpaired) electrons. The van der Waals surface area contributed by atoms with E-state index in [1.54, 1.807) is 24.3 Å². The fraction of sp³-hybridized carbons (Fsp3) is 0.0667. The van der Waals surface area contributed by atoms with Crippen molar-refractivity contribution in [3.05, 3.63) is 112 Å². The van der Waals surface area contributed by atoms with Crippen LogP contribution in [0.1, 0.15) is 22.3 Å². The Morgan fingerprint density at radius 1 is 0.500 bits per heavy atom. The second-order valence-electron chi connectivity index (χ2n) is 8.88. The first-order valence-corrected chi connectivity index (χ1v) is 11.4. The molecule has 0 bridgehead atoms. The van der Waals surface area contributed by atoms with Crippen molar-refractivity contribution in [3.8, 4) is 45.5 Å². The molecular formula is C30H12F8N2. The number of allylic oxidation sites excluding steroid dienone is 1. The minimum absolute atomic E-state index is 0.0361. The Labute approximate surface area is 221 Å². The smallest absolute Gasteiger partial charge is 0.206 e. The zero-order valence-corrected chi connectivity index (χ0v) is 19.8. The van der Waals surface area contributed by atoms with Gasteiger partial charge in [0.05, 0.1) is 11.1 Å². The zero-order chi connectivity index (χ0) is 29.0. The second-order valence-corrected chi connectivity index (χ2v) is 8.88. The van der Waals surface area contributed by atoms with Crippen molar-refractivity contribution >= 4 is 5.57 Å². The van der Waals surface area contributed by atoms with E-state index in [4.69, 9.17) is 0 Å². The summed E-state index contributed by atoms with van der Waals surface area (Å²) in [5.74, 6) is -2.88. The predicted octanol–water partition coefficient (Wildman–Crippen LogP) is 9.17. The van der Waals surface area contributed by atoms with Crippen molar-refractivity contribution in [2.75, 3.05) is 0 Å². The molecule has 0 heterocycles. The van der Waals surface area contributed by atoms with E-state index < -0.39 is 35.1 Å². The number of alkyl halides is 6. The van der Waals surface area contributed by atoms with E-state index in [9.17, 15) is 45.6 Å². The lowest BCUT2D eigenvalue weighted by atomic mass is 9.94. The van der Waals surface area contributed by atoms with Gasteiger partial charge in [0, 0.05) is 5.57 Å². The summed E-state index contributed by atoms with van der Waals surface area (Å²) in [7, 11) is 0. The highest BCUT2D eigenvalue weighted by Crippen LogP contribution is 2.48. The minimum atomic E-state index is -4.93. The normalized spacial score (nSPS) is 12.4. The van der Waals surface area contributed by atoms with Crippen LogP contribution in [0.25, 0.3) is 39.0 Å². The number of nitriles is 2. The van der Waals surface area contributed by atoms with Gasteiger partial charge in [-0.3, -0.25) is 0 Å². The Hall–Kier alpha value is -4.96. The van der Waals surface area contributed by atoms with Gasteiger partial charge in [0.1, 0.15) is 29.3 Å². The third kappa shape index (κ3) is 4.48. The molecule has 0 unspecified atom stereocenters. The molecule has 1 aliphatic rings. The van der Waals surface area contributed by atoms with Crippen molar-refractivity contribution in [1.82, 2.24) is 0 Å². The first-order valence-electron chi connectivity index (χ1n) is 11.4. The summed E-state index contributed by atoms with van der Waals surface area (Å²) in [6.07, 6.45) is -9.87. The van der Waals surface area contributed by atoms with Gasteiger partial charge in [0.15, 0.2) is 0 Å². The van der Waals surface area contributed by atoms with E-state index in [1.807, 2.05) is 0 Å². The Bertz CT molecular complexity index is 1680. The highest BCUT2D eigenvalue weighted by Gasteiger charge is 2.36. The van der Waals surface area contributed by atoms with E-state index in [0.717, 1.165) is 12.1 Å². The first-order chi connectivity index (χ1) is 18.8. The second kappa shape index (κ2) is 9.35. The van der Waals surface area contributed by atoms with Crippen LogP contribution in [-0.4, -0.2) is 0 Å². The van der Waals surface area contributed by atoms with Crippen molar-refractivity contribution in [1.29, 1.82) is 10.5 Å². The number of hydrogen-bond acceptors (Lipinski definition) is 2. The summed E-state index contributed by atoms with van der Waals surface area (Å²) < 4.78 is 107. The van der Waals surface area contributed by atoms with E-state index in [-0.39, 0.29) is 33.4 Å². The Kier molecular flexibility index (Phi) is 6.23. The molecule has 0 N–H and O–H groups in total. The third-order valence-corrected chi connectivity index (χ3v) is 6.55. The molecule has 0 amide bonds. The van der Waals surface area contributed by atoms with Gasteiger partial charge in [-0.05, 0) is 80.9 Å². The summed E-state index contributed by atoms with van der Waals surface area (Å²) in [4.78, 5) is 0. The largest absolute Gasteiger partial charge is 0.419 e. The van der Waals surface area contributed by atoms with Crippen LogP contribution < -0.4 is 0 Å². The van der Waals surface area contributed by atoms with E-state index in [0.29, 0.717) is 46.5 Å². The first kappa shape index (κ1) is 26.6. The molecule has 40 heavy (non-hydrogen) atoms. The molecular weight excluding hydrogens is 540 g/mol. The van der Waals surface area contributed by atoms with Gasteiger partial charge in [-0.25, -0.2) is 8.78 Å². The Morgan fingerprint density at radius 3 is 1.20 bits per heavy atom. The van der Waals surface area contributed by atoms with Gasteiger partial charge in [-0.1, -0.05) is 36.4 Å². The summed E-state index contributed by atoms with van der Waals surface area (Å²) in [5.41, 5.74) is -0.836. The lowest BCUT2D eigenvalue weighted by molar-refractivity contribution is -0.140. The van der Waals surface area contributed by atoms with Crippen LogP contribution in [0.15, 0.2) is 78.4 Å². The molecule has 198 valence electrons. The standard InChI is InChI=1S/C30H12F8N2/c31-26-7-3-17(11-24(26)29(33,34)35)15-1-5-20-21-6-2-16(18-4-8-27(32)25(12-18)30(36,37)38)10-23(21)28(22(20)9-15)19(13-39)14-40/h1-12H. The SMILES string of the molecule is N#CC(C#N)=C1c2cc(-c3ccc(F)c(C(F)(F)F)c3)ccc2-c2ccc(-c3ccc(F)c(C(F)(F)F)c3)cc21. The Balaban J connectivity index is 1.69. The molecule has 0 spiro atoms. The number of fused-ring (bicyclic) bond motifs is 3. The molecule has 10 heteroatoms. The van der Waals surface area contributed by atoms with Crippen LogP contribution in [0.3, 0.4) is 0 Å². The van der Waals surface area contributed by atoms with Crippen molar-refractivity contribution < 1.29 is 35.1 Å². The lowest BCUT2D eigenvalue weighted by Gasteiger charge is -2.12. The molecule has 4 aromatic carbocycles. The molecule has 2 nitrogen and oxygen atoms in total. The number of nitrogens with zero attached hydrogens (tertiary/aromatic N) is 2. The van der Waals surface area contributed by atoms with Gasteiger partial charge in [-0.15, -0.1) is 0 Å². The average molecular weight is 552 g/mol. The van der Waals surface area contributed by atoms with Gasteiger partial charge in [-0.2, -0.15) is 36.9 Å². The van der Waals surface area contributed by atoms with Crippen molar-refractivity contribution in [2.45, 2.75) is 12.4 Å². The van der Waals surface area contributed by atoms with E-state index >= 15 is 0 Å². The highest BCUT2D eigenvalue weighted by atomic mass is 19.4. The summed E-state index contributed by atoms with van der Waals surface area (Å²) in [6, 6.07) is 17.7. The molecule has 0 atom stereocenters. The van der Waals surface area contributed by atoms with Crippen LogP contribution in [0.2, 0.25) is 0 Å². The monoisotopic (exact) mass is 552 g/mol. The molecule has 0 saturated carbocycles. The molecule has 0 saturated heterocycles.